The quantitative estimate of drug-likeness (QED) is 0.877. The van der Waals surface area contributed by atoms with Crippen LogP contribution in [-0.4, -0.2) is 17.6 Å². The number of aliphatic carboxylic acids is 1. The van der Waals surface area contributed by atoms with E-state index in [1.807, 2.05) is 24.3 Å². The topological polar surface area (TPSA) is 40.5 Å². The molecule has 1 N–H and O–H groups in total. The summed E-state index contributed by atoms with van der Waals surface area (Å²) >= 11 is 5.99. The number of carbonyl (C=O) groups is 1. The highest BCUT2D eigenvalue weighted by Crippen LogP contribution is 2.21. The molecule has 110 valence electrons. The highest BCUT2D eigenvalue weighted by atomic mass is 35.5. The number of aryl methyl sites for hydroxylation is 1. The third-order valence-corrected chi connectivity index (χ3v) is 3.54. The zero-order chi connectivity index (χ0) is 15.2. The maximum Gasteiger partial charge on any atom is 0.323 e. The van der Waals surface area contributed by atoms with Gasteiger partial charge in [-0.3, -0.25) is 4.79 Å². The van der Waals surface area contributed by atoms with Crippen molar-refractivity contribution in [3.8, 4) is 0 Å². The van der Waals surface area contributed by atoms with Gasteiger partial charge in [0.1, 0.15) is 6.54 Å². The van der Waals surface area contributed by atoms with Gasteiger partial charge in [0.25, 0.3) is 0 Å². The van der Waals surface area contributed by atoms with Gasteiger partial charge in [0.2, 0.25) is 0 Å². The van der Waals surface area contributed by atoms with E-state index in [1.165, 1.54) is 5.56 Å². The lowest BCUT2D eigenvalue weighted by Gasteiger charge is -2.23. The molecule has 0 saturated carbocycles. The molecular formula is C17H18ClNO2. The SMILES string of the molecule is CCc1ccc(CN(CC(=O)O)c2cccc(Cl)c2)cc1. The molecule has 0 atom stereocenters. The second-order valence-corrected chi connectivity index (χ2v) is 5.34. The Bertz CT molecular complexity index is 610. The standard InChI is InChI=1S/C17H18ClNO2/c1-2-13-6-8-14(9-7-13)11-19(12-17(20)21)16-5-3-4-15(18)10-16/h3-10H,2,11-12H2,1H3,(H,20,21). The molecule has 2 aromatic rings. The van der Waals surface area contributed by atoms with Crippen molar-refractivity contribution >= 4 is 23.3 Å². The van der Waals surface area contributed by atoms with E-state index in [2.05, 4.69) is 19.1 Å². The van der Waals surface area contributed by atoms with Crippen LogP contribution in [0.2, 0.25) is 5.02 Å². The Balaban J connectivity index is 2.21. The Morgan fingerprint density at radius 2 is 1.81 bits per heavy atom. The number of carboxylic acids is 1. The van der Waals surface area contributed by atoms with Gasteiger partial charge in [-0.25, -0.2) is 0 Å². The van der Waals surface area contributed by atoms with Crippen LogP contribution in [0.4, 0.5) is 5.69 Å². The molecule has 0 amide bonds. The first-order chi connectivity index (χ1) is 10.1. The monoisotopic (exact) mass is 303 g/mol. The molecule has 2 aromatic carbocycles. The zero-order valence-electron chi connectivity index (χ0n) is 11.9. The molecule has 0 aromatic heterocycles. The van der Waals surface area contributed by atoms with Crippen molar-refractivity contribution in [3.05, 3.63) is 64.7 Å². The van der Waals surface area contributed by atoms with E-state index in [-0.39, 0.29) is 6.54 Å². The summed E-state index contributed by atoms with van der Waals surface area (Å²) in [4.78, 5) is 12.9. The summed E-state index contributed by atoms with van der Waals surface area (Å²) < 4.78 is 0. The van der Waals surface area contributed by atoms with Crippen LogP contribution in [0.1, 0.15) is 18.1 Å². The Morgan fingerprint density at radius 3 is 2.38 bits per heavy atom. The minimum absolute atomic E-state index is 0.0597. The van der Waals surface area contributed by atoms with Crippen LogP contribution in [0.15, 0.2) is 48.5 Å². The van der Waals surface area contributed by atoms with Gasteiger partial charge < -0.3 is 10.0 Å². The summed E-state index contributed by atoms with van der Waals surface area (Å²) in [5.41, 5.74) is 3.16. The van der Waals surface area contributed by atoms with Crippen LogP contribution in [0.3, 0.4) is 0 Å². The van der Waals surface area contributed by atoms with Crippen LogP contribution >= 0.6 is 11.6 Å². The Labute approximate surface area is 129 Å². The number of anilines is 1. The highest BCUT2D eigenvalue weighted by molar-refractivity contribution is 6.30. The van der Waals surface area contributed by atoms with E-state index < -0.39 is 5.97 Å². The van der Waals surface area contributed by atoms with E-state index in [4.69, 9.17) is 16.7 Å². The molecule has 0 aliphatic carbocycles. The minimum atomic E-state index is -0.861. The number of rotatable bonds is 6. The molecule has 4 heteroatoms. The molecular weight excluding hydrogens is 286 g/mol. The third-order valence-electron chi connectivity index (χ3n) is 3.30. The molecule has 0 radical (unpaired) electrons. The molecule has 0 unspecified atom stereocenters. The van der Waals surface area contributed by atoms with Crippen molar-refractivity contribution in [3.63, 3.8) is 0 Å². The average molecular weight is 304 g/mol. The molecule has 0 aliphatic heterocycles. The first-order valence-electron chi connectivity index (χ1n) is 6.88. The molecule has 0 fully saturated rings. The van der Waals surface area contributed by atoms with E-state index >= 15 is 0 Å². The lowest BCUT2D eigenvalue weighted by atomic mass is 10.1. The summed E-state index contributed by atoms with van der Waals surface area (Å²) in [5.74, 6) is -0.861. The predicted octanol–water partition coefficient (Wildman–Crippen LogP) is 3.99. The smallest absolute Gasteiger partial charge is 0.323 e. The van der Waals surface area contributed by atoms with Crippen molar-refractivity contribution in [2.45, 2.75) is 19.9 Å². The van der Waals surface area contributed by atoms with Gasteiger partial charge >= 0.3 is 5.97 Å². The average Bonchev–Trinajstić information content (AvgIpc) is 2.47. The largest absolute Gasteiger partial charge is 0.480 e. The summed E-state index contributed by atoms with van der Waals surface area (Å²) in [6.45, 7) is 2.59. The maximum atomic E-state index is 11.1. The van der Waals surface area contributed by atoms with Gasteiger partial charge in [-0.1, -0.05) is 48.9 Å². The number of halogens is 1. The van der Waals surface area contributed by atoms with Crippen LogP contribution < -0.4 is 4.90 Å². The van der Waals surface area contributed by atoms with Gasteiger partial charge in [-0.05, 0) is 35.7 Å². The van der Waals surface area contributed by atoms with Gasteiger partial charge in [-0.15, -0.1) is 0 Å². The zero-order valence-corrected chi connectivity index (χ0v) is 12.7. The molecule has 0 bridgehead atoms. The number of benzene rings is 2. The summed E-state index contributed by atoms with van der Waals surface area (Å²) in [6.07, 6.45) is 0.993. The molecule has 0 saturated heterocycles. The van der Waals surface area contributed by atoms with Crippen LogP contribution in [0.25, 0.3) is 0 Å². The van der Waals surface area contributed by atoms with Crippen molar-refractivity contribution in [1.82, 2.24) is 0 Å². The fraction of sp³-hybridized carbons (Fsp3) is 0.235. The normalized spacial score (nSPS) is 10.4. The van der Waals surface area contributed by atoms with Crippen LogP contribution in [0.5, 0.6) is 0 Å². The minimum Gasteiger partial charge on any atom is -0.480 e. The van der Waals surface area contributed by atoms with E-state index in [1.54, 1.807) is 17.0 Å². The molecule has 0 heterocycles. The second kappa shape index (κ2) is 7.14. The fourth-order valence-electron chi connectivity index (χ4n) is 2.18. The number of hydrogen-bond acceptors (Lipinski definition) is 2. The molecule has 21 heavy (non-hydrogen) atoms. The number of carboxylic acid groups (broad SMARTS) is 1. The second-order valence-electron chi connectivity index (χ2n) is 4.90. The summed E-state index contributed by atoms with van der Waals surface area (Å²) in [5, 5.41) is 9.70. The third kappa shape index (κ3) is 4.50. The Hall–Kier alpha value is -2.00. The van der Waals surface area contributed by atoms with Gasteiger partial charge in [0.15, 0.2) is 0 Å². The Kier molecular flexibility index (Phi) is 5.23. The molecule has 2 rings (SSSR count). The predicted molar refractivity (Wildman–Crippen MR) is 86.0 cm³/mol. The van der Waals surface area contributed by atoms with Gasteiger partial charge in [0, 0.05) is 17.3 Å². The van der Waals surface area contributed by atoms with E-state index in [0.717, 1.165) is 17.7 Å². The highest BCUT2D eigenvalue weighted by Gasteiger charge is 2.11. The Morgan fingerprint density at radius 1 is 1.14 bits per heavy atom. The first kappa shape index (κ1) is 15.4. The van der Waals surface area contributed by atoms with Crippen molar-refractivity contribution in [2.75, 3.05) is 11.4 Å². The molecule has 0 spiro atoms. The number of hydrogen-bond donors (Lipinski definition) is 1. The van der Waals surface area contributed by atoms with Crippen molar-refractivity contribution in [2.24, 2.45) is 0 Å². The van der Waals surface area contributed by atoms with Gasteiger partial charge in [0.05, 0.1) is 0 Å². The summed E-state index contributed by atoms with van der Waals surface area (Å²) in [7, 11) is 0. The summed E-state index contributed by atoms with van der Waals surface area (Å²) in [6, 6.07) is 15.5. The van der Waals surface area contributed by atoms with Crippen LogP contribution in [-0.2, 0) is 17.8 Å². The lowest BCUT2D eigenvalue weighted by molar-refractivity contribution is -0.135. The maximum absolute atomic E-state index is 11.1. The fourth-order valence-corrected chi connectivity index (χ4v) is 2.36. The van der Waals surface area contributed by atoms with E-state index in [9.17, 15) is 4.79 Å². The molecule has 3 nitrogen and oxygen atoms in total. The van der Waals surface area contributed by atoms with E-state index in [0.29, 0.717) is 11.6 Å². The van der Waals surface area contributed by atoms with Crippen molar-refractivity contribution < 1.29 is 9.90 Å². The van der Waals surface area contributed by atoms with Crippen LogP contribution in [0, 0.1) is 0 Å². The lowest BCUT2D eigenvalue weighted by Crippen LogP contribution is -2.29. The van der Waals surface area contributed by atoms with Crippen molar-refractivity contribution in [1.29, 1.82) is 0 Å². The van der Waals surface area contributed by atoms with Gasteiger partial charge in [-0.2, -0.15) is 0 Å². The first-order valence-corrected chi connectivity index (χ1v) is 7.26. The molecule has 0 aliphatic rings. The number of nitrogens with zero attached hydrogens (tertiary/aromatic N) is 1.